The molecule has 33 heavy (non-hydrogen) atoms. The Labute approximate surface area is 199 Å². The number of rotatable bonds is 12. The number of ether oxygens (including phenoxy) is 1. The first-order chi connectivity index (χ1) is 16.3. The van der Waals surface area contributed by atoms with Crippen molar-refractivity contribution < 1.29 is 10.3 Å². The highest BCUT2D eigenvalue weighted by atomic mass is 32.1. The maximum atomic E-state index is 6.02. The Morgan fingerprint density at radius 1 is 0.909 bits per heavy atom. The molecule has 3 aromatic carbocycles. The summed E-state index contributed by atoms with van der Waals surface area (Å²) in [5.41, 5.74) is 9.77. The van der Waals surface area contributed by atoms with Gasteiger partial charge in [-0.3, -0.25) is 0 Å². The van der Waals surface area contributed by atoms with Crippen LogP contribution in [0.1, 0.15) is 43.7 Å². The maximum Gasteiger partial charge on any atom is 0.187 e. The molecule has 0 aliphatic heterocycles. The molecule has 0 aliphatic carbocycles. The van der Waals surface area contributed by atoms with Crippen molar-refractivity contribution in [2.24, 2.45) is 5.11 Å². The van der Waals surface area contributed by atoms with Gasteiger partial charge in [0.05, 0.1) is 16.8 Å². The summed E-state index contributed by atoms with van der Waals surface area (Å²) in [5.74, 6) is 0.705. The first-order valence-electron chi connectivity index (χ1n) is 11.6. The number of anilines is 1. The van der Waals surface area contributed by atoms with Crippen LogP contribution in [-0.2, 0) is 13.1 Å². The molecular formula is C27H31N4OS+. The fraction of sp³-hybridized carbons (Fsp3) is 0.296. The van der Waals surface area contributed by atoms with E-state index >= 15 is 0 Å². The van der Waals surface area contributed by atoms with Gasteiger partial charge in [0.2, 0.25) is 0 Å². The molecule has 0 amide bonds. The second-order valence-corrected chi connectivity index (χ2v) is 9.16. The van der Waals surface area contributed by atoms with Gasteiger partial charge in [-0.1, -0.05) is 98.2 Å². The van der Waals surface area contributed by atoms with Crippen LogP contribution in [0.5, 0.6) is 5.75 Å². The first-order valence-corrected chi connectivity index (χ1v) is 12.4. The highest BCUT2D eigenvalue weighted by Crippen LogP contribution is 2.38. The van der Waals surface area contributed by atoms with E-state index in [1.807, 2.05) is 24.3 Å². The number of benzene rings is 3. The third-order valence-corrected chi connectivity index (χ3v) is 6.63. The third-order valence-electron chi connectivity index (χ3n) is 5.56. The molecule has 0 atom stereocenters. The molecule has 4 rings (SSSR count). The Bertz CT molecular complexity index is 1120. The molecule has 0 spiro atoms. The summed E-state index contributed by atoms with van der Waals surface area (Å²) < 4.78 is 7.08. The van der Waals surface area contributed by atoms with Crippen LogP contribution in [-0.4, -0.2) is 11.6 Å². The average molecular weight is 460 g/mol. The number of aromatic nitrogens is 1. The van der Waals surface area contributed by atoms with Crippen LogP contribution in [0, 0.1) is 0 Å². The van der Waals surface area contributed by atoms with Crippen molar-refractivity contribution in [2.45, 2.75) is 45.7 Å². The molecule has 0 fully saturated rings. The van der Waals surface area contributed by atoms with Crippen molar-refractivity contribution in [2.75, 3.05) is 11.5 Å². The zero-order valence-corrected chi connectivity index (χ0v) is 19.9. The van der Waals surface area contributed by atoms with Gasteiger partial charge >= 0.3 is 0 Å². The molecule has 170 valence electrons. The molecule has 0 saturated heterocycles. The monoisotopic (exact) mass is 459 g/mol. The third kappa shape index (κ3) is 6.17. The summed E-state index contributed by atoms with van der Waals surface area (Å²) in [6.07, 6.45) is 4.63. The van der Waals surface area contributed by atoms with Gasteiger partial charge in [-0.2, -0.15) is 5.53 Å². The summed E-state index contributed by atoms with van der Waals surface area (Å²) in [6, 6.07) is 25.0. The van der Waals surface area contributed by atoms with Crippen LogP contribution in [0.4, 0.5) is 10.8 Å². The molecule has 0 radical (unpaired) electrons. The van der Waals surface area contributed by atoms with Gasteiger partial charge in [-0.05, 0) is 28.7 Å². The number of nitrogens with two attached hydrogens (primary N) is 1. The quantitative estimate of drug-likeness (QED) is 0.200. The highest BCUT2D eigenvalue weighted by molar-refractivity contribution is 7.22. The lowest BCUT2D eigenvalue weighted by Crippen LogP contribution is -2.22. The van der Waals surface area contributed by atoms with Gasteiger partial charge < -0.3 is 9.64 Å². The lowest BCUT2D eigenvalue weighted by Gasteiger charge is -2.22. The summed E-state index contributed by atoms with van der Waals surface area (Å²) in [6.45, 7) is 4.44. The van der Waals surface area contributed by atoms with Crippen LogP contribution in [0.3, 0.4) is 0 Å². The van der Waals surface area contributed by atoms with E-state index < -0.39 is 0 Å². The van der Waals surface area contributed by atoms with E-state index in [0.29, 0.717) is 18.0 Å². The molecule has 4 aromatic rings. The van der Waals surface area contributed by atoms with Crippen LogP contribution in [0.2, 0.25) is 0 Å². The van der Waals surface area contributed by atoms with Gasteiger partial charge in [0.15, 0.2) is 16.6 Å². The Hall–Kier alpha value is -3.25. The number of nitrogens with zero attached hydrogens (tertiary/aromatic N) is 3. The van der Waals surface area contributed by atoms with Crippen molar-refractivity contribution >= 4 is 32.4 Å². The fourth-order valence-electron chi connectivity index (χ4n) is 3.79. The van der Waals surface area contributed by atoms with E-state index in [1.54, 1.807) is 11.3 Å². The molecule has 0 aliphatic rings. The van der Waals surface area contributed by atoms with Crippen molar-refractivity contribution in [3.63, 3.8) is 0 Å². The minimum atomic E-state index is 0.666. The summed E-state index contributed by atoms with van der Waals surface area (Å²) in [7, 11) is 0. The zero-order chi connectivity index (χ0) is 22.9. The van der Waals surface area contributed by atoms with Crippen LogP contribution in [0.15, 0.2) is 77.9 Å². The van der Waals surface area contributed by atoms with Crippen LogP contribution >= 0.6 is 11.3 Å². The van der Waals surface area contributed by atoms with E-state index in [9.17, 15) is 0 Å². The molecule has 1 heterocycles. The molecule has 0 saturated carbocycles. The minimum Gasteiger partial charge on any atom is -0.491 e. The van der Waals surface area contributed by atoms with Crippen LogP contribution in [0.25, 0.3) is 10.2 Å². The minimum absolute atomic E-state index is 0.666. The predicted molar refractivity (Wildman–Crippen MR) is 136 cm³/mol. The first kappa shape index (κ1) is 22.9. The average Bonchev–Trinajstić information content (AvgIpc) is 3.27. The van der Waals surface area contributed by atoms with E-state index in [0.717, 1.165) is 34.9 Å². The van der Waals surface area contributed by atoms with Crippen molar-refractivity contribution in [3.05, 3.63) is 83.9 Å². The normalized spacial score (nSPS) is 10.9. The Kier molecular flexibility index (Phi) is 8.04. The lowest BCUT2D eigenvalue weighted by atomic mass is 10.2. The van der Waals surface area contributed by atoms with E-state index in [1.165, 1.54) is 30.4 Å². The van der Waals surface area contributed by atoms with Crippen molar-refractivity contribution in [3.8, 4) is 5.75 Å². The SMILES string of the molecule is CCCCCCOc1cc2nc(N(Cc3ccccc3)Cc3ccccc3)sc2cc1N=[NH2+]. The Morgan fingerprint density at radius 3 is 2.18 bits per heavy atom. The zero-order valence-electron chi connectivity index (χ0n) is 19.1. The van der Waals surface area contributed by atoms with E-state index in [-0.39, 0.29) is 0 Å². The van der Waals surface area contributed by atoms with Crippen molar-refractivity contribution in [1.82, 2.24) is 4.98 Å². The van der Waals surface area contributed by atoms with Gasteiger partial charge in [-0.25, -0.2) is 4.98 Å². The van der Waals surface area contributed by atoms with Gasteiger partial charge in [0.25, 0.3) is 0 Å². The summed E-state index contributed by atoms with van der Waals surface area (Å²) >= 11 is 1.66. The van der Waals surface area contributed by atoms with E-state index in [2.05, 4.69) is 65.5 Å². The molecule has 5 nitrogen and oxygen atoms in total. The molecule has 1 aromatic heterocycles. The molecular weight excluding hydrogens is 428 g/mol. The number of hydrogen-bond donors (Lipinski definition) is 1. The topological polar surface area (TPSA) is 63.3 Å². The lowest BCUT2D eigenvalue weighted by molar-refractivity contribution is -0.210. The standard InChI is InChI=1S/C27H30N4OS/c1-2-3-4-11-16-32-25-17-24-26(18-23(25)30-28)33-27(29-24)31(19-21-12-7-5-8-13-21)20-22-14-9-6-10-15-22/h5-10,12-15,17-18,28H,2-4,11,16,19-20H2,1H3/p+1. The second kappa shape index (κ2) is 11.6. The Balaban J connectivity index is 1.60. The fourth-order valence-corrected chi connectivity index (χ4v) is 4.77. The number of hydrogen-bond acceptors (Lipinski definition) is 5. The molecule has 2 N–H and O–H groups in total. The number of thiazole rings is 1. The largest absolute Gasteiger partial charge is 0.491 e. The molecule has 6 heteroatoms. The van der Waals surface area contributed by atoms with Crippen LogP contribution < -0.4 is 15.2 Å². The second-order valence-electron chi connectivity index (χ2n) is 8.15. The van der Waals surface area contributed by atoms with Crippen molar-refractivity contribution in [1.29, 1.82) is 0 Å². The molecule has 0 unspecified atom stereocenters. The highest BCUT2D eigenvalue weighted by Gasteiger charge is 2.17. The van der Waals surface area contributed by atoms with E-state index in [4.69, 9.17) is 15.3 Å². The van der Waals surface area contributed by atoms with Gasteiger partial charge in [0, 0.05) is 19.2 Å². The summed E-state index contributed by atoms with van der Waals surface area (Å²) in [4.78, 5) is 7.30. The number of unbranched alkanes of at least 4 members (excludes halogenated alkanes) is 3. The number of fused-ring (bicyclic) bond motifs is 1. The molecule has 0 bridgehead atoms. The van der Waals surface area contributed by atoms with Gasteiger partial charge in [-0.15, -0.1) is 0 Å². The predicted octanol–water partition coefficient (Wildman–Crippen LogP) is 6.31. The Morgan fingerprint density at radius 2 is 1.58 bits per heavy atom. The van der Waals surface area contributed by atoms with Gasteiger partial charge in [0.1, 0.15) is 0 Å². The maximum absolute atomic E-state index is 6.02. The smallest absolute Gasteiger partial charge is 0.187 e. The summed E-state index contributed by atoms with van der Waals surface area (Å²) in [5, 5.41) is 4.94.